The van der Waals surface area contributed by atoms with E-state index >= 15 is 0 Å². The van der Waals surface area contributed by atoms with Gasteiger partial charge in [-0.05, 0) is 0 Å². The first kappa shape index (κ1) is 14.3. The Kier molecular flexibility index (Phi) is 4.58. The number of hydrogen-bond acceptors (Lipinski definition) is 7. The van der Waals surface area contributed by atoms with Crippen LogP contribution in [0.4, 0.5) is 4.79 Å². The Bertz CT molecular complexity index is 551. The van der Waals surface area contributed by atoms with Crippen molar-refractivity contribution in [2.24, 2.45) is 5.73 Å². The first-order valence-electron chi connectivity index (χ1n) is 4.43. The molecule has 0 atom stereocenters. The number of ether oxygens (including phenoxy) is 1. The number of thiazole rings is 1. The van der Waals surface area contributed by atoms with Crippen LogP contribution in [0.1, 0.15) is 10.5 Å². The molecule has 11 heteroatoms. The Morgan fingerprint density at radius 3 is 2.78 bits per heavy atom. The van der Waals surface area contributed by atoms with E-state index in [9.17, 15) is 18.0 Å². The molecule has 0 aromatic carbocycles. The van der Waals surface area contributed by atoms with Gasteiger partial charge >= 0.3 is 12.1 Å². The summed E-state index contributed by atoms with van der Waals surface area (Å²) in [5.41, 5.74) is 5.23. The lowest BCUT2D eigenvalue weighted by Crippen LogP contribution is -2.29. The van der Waals surface area contributed by atoms with Gasteiger partial charge in [0, 0.05) is 6.54 Å². The van der Waals surface area contributed by atoms with E-state index in [1.165, 1.54) is 0 Å². The van der Waals surface area contributed by atoms with Crippen molar-refractivity contribution in [1.29, 1.82) is 0 Å². The molecule has 1 aromatic heterocycles. The van der Waals surface area contributed by atoms with Crippen LogP contribution in [0, 0.1) is 0 Å². The number of sulfonamides is 1. The van der Waals surface area contributed by atoms with Crippen LogP contribution in [0.3, 0.4) is 0 Å². The Balaban J connectivity index is 2.72. The molecule has 100 valence electrons. The molecule has 0 bridgehead atoms. The fraction of sp³-hybridized carbons (Fsp3) is 0.286. The van der Waals surface area contributed by atoms with Crippen molar-refractivity contribution in [3.8, 4) is 0 Å². The minimum Gasteiger partial charge on any atom is -0.476 e. The van der Waals surface area contributed by atoms with Crippen LogP contribution in [-0.4, -0.2) is 43.7 Å². The highest BCUT2D eigenvalue weighted by atomic mass is 32.2. The normalized spacial score (nSPS) is 11.1. The maximum Gasteiger partial charge on any atom is 0.404 e. The van der Waals surface area contributed by atoms with E-state index in [2.05, 4.69) is 20.2 Å². The highest BCUT2D eigenvalue weighted by Gasteiger charge is 2.25. The third-order valence-corrected chi connectivity index (χ3v) is 4.45. The molecule has 1 amide bonds. The van der Waals surface area contributed by atoms with Crippen molar-refractivity contribution in [1.82, 2.24) is 9.71 Å². The smallest absolute Gasteiger partial charge is 0.404 e. The molecule has 1 rings (SSSR count). The first-order valence-corrected chi connectivity index (χ1v) is 6.79. The second kappa shape index (κ2) is 5.75. The quantitative estimate of drug-likeness (QED) is 0.582. The van der Waals surface area contributed by atoms with Crippen molar-refractivity contribution >= 4 is 33.4 Å². The summed E-state index contributed by atoms with van der Waals surface area (Å²) < 4.78 is 29.3. The molecule has 0 saturated heterocycles. The van der Waals surface area contributed by atoms with Gasteiger partial charge in [-0.25, -0.2) is 27.7 Å². The number of nitrogens with zero attached hydrogens (tertiary/aromatic N) is 1. The summed E-state index contributed by atoms with van der Waals surface area (Å²) in [7, 11) is -4.00. The molecule has 4 N–H and O–H groups in total. The van der Waals surface area contributed by atoms with Crippen LogP contribution in [0.15, 0.2) is 9.72 Å². The van der Waals surface area contributed by atoms with Gasteiger partial charge in [0.2, 0.25) is 0 Å². The molecule has 1 heterocycles. The van der Waals surface area contributed by atoms with E-state index in [4.69, 9.17) is 5.11 Å². The molecule has 0 fully saturated rings. The number of amides is 1. The Morgan fingerprint density at radius 2 is 2.22 bits per heavy atom. The topological polar surface area (TPSA) is 149 Å². The molecular formula is C7H9N3O6S2. The molecule has 0 spiro atoms. The summed E-state index contributed by atoms with van der Waals surface area (Å²) in [6.07, 6.45) is -1.03. The van der Waals surface area contributed by atoms with Crippen molar-refractivity contribution in [3.05, 3.63) is 11.2 Å². The highest BCUT2D eigenvalue weighted by Crippen LogP contribution is 2.19. The minimum absolute atomic E-state index is 0.220. The van der Waals surface area contributed by atoms with Crippen molar-refractivity contribution in [2.45, 2.75) is 4.21 Å². The SMILES string of the molecule is NC(=O)OCCNS(=O)(=O)c1scnc1C(=O)O. The van der Waals surface area contributed by atoms with Crippen LogP contribution in [-0.2, 0) is 14.8 Å². The van der Waals surface area contributed by atoms with Gasteiger partial charge in [0.15, 0.2) is 9.90 Å². The van der Waals surface area contributed by atoms with E-state index in [0.29, 0.717) is 11.3 Å². The zero-order valence-corrected chi connectivity index (χ0v) is 10.5. The van der Waals surface area contributed by atoms with Crippen molar-refractivity contribution < 1.29 is 27.9 Å². The first-order chi connectivity index (χ1) is 8.34. The van der Waals surface area contributed by atoms with Gasteiger partial charge in [0.05, 0.1) is 5.51 Å². The van der Waals surface area contributed by atoms with Gasteiger partial charge in [-0.1, -0.05) is 0 Å². The fourth-order valence-corrected chi connectivity index (χ4v) is 3.16. The zero-order valence-electron chi connectivity index (χ0n) is 8.82. The Labute approximate surface area is 106 Å². The van der Waals surface area contributed by atoms with Gasteiger partial charge in [-0.3, -0.25) is 0 Å². The number of carboxylic acids is 1. The van der Waals surface area contributed by atoms with Gasteiger partial charge in [0.1, 0.15) is 6.61 Å². The minimum atomic E-state index is -4.00. The molecular weight excluding hydrogens is 286 g/mol. The van der Waals surface area contributed by atoms with Gasteiger partial charge in [-0.2, -0.15) is 0 Å². The molecule has 1 aromatic rings. The van der Waals surface area contributed by atoms with E-state index in [1.807, 2.05) is 0 Å². The lowest BCUT2D eigenvalue weighted by atomic mass is 10.5. The van der Waals surface area contributed by atoms with E-state index in [1.54, 1.807) is 0 Å². The average Bonchev–Trinajstić information content (AvgIpc) is 2.73. The summed E-state index contributed by atoms with van der Waals surface area (Å²) in [5, 5.41) is 8.73. The van der Waals surface area contributed by atoms with Crippen LogP contribution in [0.2, 0.25) is 0 Å². The Hall–Kier alpha value is -1.72. The lowest BCUT2D eigenvalue weighted by Gasteiger charge is -2.05. The third kappa shape index (κ3) is 3.65. The number of carbonyl (C=O) groups excluding carboxylic acids is 1. The van der Waals surface area contributed by atoms with Crippen molar-refractivity contribution in [3.63, 3.8) is 0 Å². The van der Waals surface area contributed by atoms with Gasteiger partial charge in [0.25, 0.3) is 10.0 Å². The molecule has 0 radical (unpaired) electrons. The monoisotopic (exact) mass is 295 g/mol. The number of nitrogens with two attached hydrogens (primary N) is 1. The molecule has 0 aliphatic rings. The van der Waals surface area contributed by atoms with E-state index in [-0.39, 0.29) is 13.2 Å². The van der Waals surface area contributed by atoms with Gasteiger partial charge in [-0.15, -0.1) is 11.3 Å². The summed E-state index contributed by atoms with van der Waals surface area (Å²) in [6.45, 7) is -0.474. The third-order valence-electron chi connectivity index (χ3n) is 1.62. The molecule has 18 heavy (non-hydrogen) atoms. The van der Waals surface area contributed by atoms with Crippen LogP contribution < -0.4 is 10.5 Å². The second-order valence-corrected chi connectivity index (χ2v) is 5.68. The number of carboxylic acid groups (broad SMARTS) is 1. The summed E-state index contributed by atoms with van der Waals surface area (Å²) in [4.78, 5) is 24.4. The van der Waals surface area contributed by atoms with E-state index in [0.717, 1.165) is 5.51 Å². The molecule has 9 nitrogen and oxygen atoms in total. The maximum atomic E-state index is 11.7. The predicted octanol–water partition coefficient (Wildman–Crippen LogP) is -0.785. The van der Waals surface area contributed by atoms with Crippen LogP contribution in [0.25, 0.3) is 0 Å². The number of rotatable bonds is 6. The summed E-state index contributed by atoms with van der Waals surface area (Å²) >= 11 is 0.674. The average molecular weight is 295 g/mol. The second-order valence-electron chi connectivity index (χ2n) is 2.86. The summed E-state index contributed by atoms with van der Waals surface area (Å²) in [6, 6.07) is 0. The number of nitrogens with one attached hydrogen (secondary N) is 1. The van der Waals surface area contributed by atoms with E-state index < -0.39 is 32.0 Å². The van der Waals surface area contributed by atoms with Gasteiger partial charge < -0.3 is 15.6 Å². The molecule has 0 aliphatic heterocycles. The summed E-state index contributed by atoms with van der Waals surface area (Å²) in [5.74, 6) is -1.44. The maximum absolute atomic E-state index is 11.7. The molecule has 0 saturated carbocycles. The molecule has 0 unspecified atom stereocenters. The number of aromatic carboxylic acids is 1. The molecule has 0 aliphatic carbocycles. The number of hydrogen-bond donors (Lipinski definition) is 3. The van der Waals surface area contributed by atoms with Crippen LogP contribution >= 0.6 is 11.3 Å². The number of carbonyl (C=O) groups is 2. The lowest BCUT2D eigenvalue weighted by molar-refractivity contribution is 0.0687. The number of primary amides is 1. The van der Waals surface area contributed by atoms with Crippen LogP contribution in [0.5, 0.6) is 0 Å². The zero-order chi connectivity index (χ0) is 13.8. The standard InChI is InChI=1S/C7H9N3O6S2/c8-7(13)16-2-1-10-18(14,15)6-4(5(11)12)9-3-17-6/h3,10H,1-2H2,(H2,8,13)(H,11,12). The largest absolute Gasteiger partial charge is 0.476 e. The Morgan fingerprint density at radius 1 is 1.56 bits per heavy atom. The highest BCUT2D eigenvalue weighted by molar-refractivity contribution is 7.91. The fourth-order valence-electron chi connectivity index (χ4n) is 0.962. The predicted molar refractivity (Wildman–Crippen MR) is 59.8 cm³/mol. The van der Waals surface area contributed by atoms with Crippen molar-refractivity contribution in [2.75, 3.05) is 13.2 Å². The number of aromatic nitrogens is 1.